The maximum absolute atomic E-state index is 12.5. The van der Waals surface area contributed by atoms with Gasteiger partial charge in [0.05, 0.1) is 11.3 Å². The monoisotopic (exact) mass is 327 g/mol. The third-order valence-electron chi connectivity index (χ3n) is 3.98. The topological polar surface area (TPSA) is 46.4 Å². The first kappa shape index (κ1) is 15.6. The van der Waals surface area contributed by atoms with Gasteiger partial charge in [-0.1, -0.05) is 24.6 Å². The fourth-order valence-electron chi connectivity index (χ4n) is 2.55. The molecule has 0 unspecified atom stereocenters. The van der Waals surface area contributed by atoms with Crippen LogP contribution in [-0.2, 0) is 6.42 Å². The summed E-state index contributed by atoms with van der Waals surface area (Å²) in [4.78, 5) is 17.0. The van der Waals surface area contributed by atoms with Gasteiger partial charge in [-0.3, -0.25) is 4.79 Å². The number of amides is 1. The van der Waals surface area contributed by atoms with Crippen LogP contribution in [0.2, 0.25) is 5.02 Å². The van der Waals surface area contributed by atoms with E-state index in [1.54, 1.807) is 12.1 Å². The van der Waals surface area contributed by atoms with Crippen LogP contribution in [0.25, 0.3) is 5.65 Å². The molecule has 0 fully saturated rings. The highest BCUT2D eigenvalue weighted by Gasteiger charge is 2.11. The summed E-state index contributed by atoms with van der Waals surface area (Å²) in [5.41, 5.74) is 5.21. The molecule has 2 heterocycles. The summed E-state index contributed by atoms with van der Waals surface area (Å²) in [6, 6.07) is 9.13. The van der Waals surface area contributed by atoms with Crippen molar-refractivity contribution in [1.29, 1.82) is 0 Å². The Labute approximate surface area is 140 Å². The predicted octanol–water partition coefficient (Wildman–Crippen LogP) is 4.42. The Morgan fingerprint density at radius 1 is 1.26 bits per heavy atom. The van der Waals surface area contributed by atoms with Crippen LogP contribution in [-0.4, -0.2) is 15.3 Å². The van der Waals surface area contributed by atoms with Crippen molar-refractivity contribution >= 4 is 28.8 Å². The van der Waals surface area contributed by atoms with Crippen LogP contribution in [0.15, 0.2) is 36.5 Å². The first-order valence-corrected chi connectivity index (χ1v) is 7.92. The van der Waals surface area contributed by atoms with Crippen molar-refractivity contribution in [2.45, 2.75) is 27.2 Å². The summed E-state index contributed by atoms with van der Waals surface area (Å²) in [6.45, 7) is 6.01. The number of hydrogen-bond donors (Lipinski definition) is 1. The summed E-state index contributed by atoms with van der Waals surface area (Å²) in [6.07, 6.45) is 2.69. The quantitative estimate of drug-likeness (QED) is 0.774. The van der Waals surface area contributed by atoms with Gasteiger partial charge in [-0.05, 0) is 50.1 Å². The zero-order valence-electron chi connectivity index (χ0n) is 13.4. The highest BCUT2D eigenvalue weighted by molar-refractivity contribution is 6.31. The van der Waals surface area contributed by atoms with Crippen LogP contribution in [0, 0.1) is 13.8 Å². The van der Waals surface area contributed by atoms with Crippen LogP contribution in [0.5, 0.6) is 0 Å². The first-order chi connectivity index (χ1) is 11.0. The van der Waals surface area contributed by atoms with Crippen molar-refractivity contribution in [3.63, 3.8) is 0 Å². The Balaban J connectivity index is 1.91. The molecule has 0 saturated heterocycles. The lowest BCUT2D eigenvalue weighted by atomic mass is 10.2. The van der Waals surface area contributed by atoms with E-state index in [9.17, 15) is 4.79 Å². The second kappa shape index (κ2) is 6.05. The standard InChI is InChI=1S/C18H18ClN3O/c1-4-16-12(3)22-10-13(6-8-17(22)21-16)18(23)20-14-7-5-11(2)15(19)9-14/h5-10H,4H2,1-3H3,(H,20,23). The second-order valence-electron chi connectivity index (χ2n) is 5.56. The van der Waals surface area contributed by atoms with Gasteiger partial charge in [-0.15, -0.1) is 0 Å². The smallest absolute Gasteiger partial charge is 0.257 e. The average molecular weight is 328 g/mol. The molecule has 4 nitrogen and oxygen atoms in total. The molecule has 1 amide bonds. The third-order valence-corrected chi connectivity index (χ3v) is 4.39. The van der Waals surface area contributed by atoms with Crippen LogP contribution < -0.4 is 5.32 Å². The molecule has 0 aliphatic heterocycles. The van der Waals surface area contributed by atoms with Crippen LogP contribution in [0.3, 0.4) is 0 Å². The molecule has 1 N–H and O–H groups in total. The molecule has 23 heavy (non-hydrogen) atoms. The SMILES string of the molecule is CCc1nc2ccc(C(=O)Nc3ccc(C)c(Cl)c3)cn2c1C. The number of benzene rings is 1. The zero-order valence-corrected chi connectivity index (χ0v) is 14.1. The Morgan fingerprint density at radius 3 is 2.74 bits per heavy atom. The lowest BCUT2D eigenvalue weighted by Gasteiger charge is -2.08. The Morgan fingerprint density at radius 2 is 2.04 bits per heavy atom. The molecule has 118 valence electrons. The van der Waals surface area contributed by atoms with Gasteiger partial charge in [0.1, 0.15) is 5.65 Å². The molecular weight excluding hydrogens is 310 g/mol. The number of nitrogens with one attached hydrogen (secondary N) is 1. The number of aryl methyl sites for hydroxylation is 3. The van der Waals surface area contributed by atoms with Gasteiger partial charge in [0, 0.05) is 22.6 Å². The largest absolute Gasteiger partial charge is 0.322 e. The summed E-state index contributed by atoms with van der Waals surface area (Å²) in [7, 11) is 0. The number of nitrogens with zero attached hydrogens (tertiary/aromatic N) is 2. The van der Waals surface area contributed by atoms with Crippen molar-refractivity contribution in [2.24, 2.45) is 0 Å². The summed E-state index contributed by atoms with van der Waals surface area (Å²) in [5.74, 6) is -0.169. The van der Waals surface area contributed by atoms with E-state index in [1.165, 1.54) is 0 Å². The maximum atomic E-state index is 12.5. The summed E-state index contributed by atoms with van der Waals surface area (Å²) < 4.78 is 1.95. The number of pyridine rings is 1. The lowest BCUT2D eigenvalue weighted by Crippen LogP contribution is -2.12. The van der Waals surface area contributed by atoms with E-state index in [1.807, 2.05) is 42.6 Å². The number of halogens is 1. The van der Waals surface area contributed by atoms with Gasteiger partial charge in [0.2, 0.25) is 0 Å². The van der Waals surface area contributed by atoms with Crippen molar-refractivity contribution < 1.29 is 4.79 Å². The highest BCUT2D eigenvalue weighted by Crippen LogP contribution is 2.21. The number of fused-ring (bicyclic) bond motifs is 1. The number of carbonyl (C=O) groups excluding carboxylic acids is 1. The van der Waals surface area contributed by atoms with E-state index in [0.29, 0.717) is 16.3 Å². The van der Waals surface area contributed by atoms with E-state index >= 15 is 0 Å². The van der Waals surface area contributed by atoms with Crippen molar-refractivity contribution in [3.05, 3.63) is 64.1 Å². The zero-order chi connectivity index (χ0) is 16.6. The maximum Gasteiger partial charge on any atom is 0.257 e. The molecule has 0 spiro atoms. The molecule has 0 bridgehead atoms. The number of hydrogen-bond acceptors (Lipinski definition) is 2. The van der Waals surface area contributed by atoms with Gasteiger partial charge < -0.3 is 9.72 Å². The van der Waals surface area contributed by atoms with E-state index in [0.717, 1.165) is 29.0 Å². The molecule has 0 aliphatic rings. The molecular formula is C18H18ClN3O. The minimum absolute atomic E-state index is 0.169. The van der Waals surface area contributed by atoms with Crippen molar-refractivity contribution in [1.82, 2.24) is 9.38 Å². The van der Waals surface area contributed by atoms with Crippen molar-refractivity contribution in [3.8, 4) is 0 Å². The van der Waals surface area contributed by atoms with Gasteiger partial charge >= 0.3 is 0 Å². The minimum atomic E-state index is -0.169. The van der Waals surface area contributed by atoms with Gasteiger partial charge in [-0.2, -0.15) is 0 Å². The van der Waals surface area contributed by atoms with E-state index in [2.05, 4.69) is 17.2 Å². The molecule has 3 rings (SSSR count). The summed E-state index contributed by atoms with van der Waals surface area (Å²) >= 11 is 6.10. The van der Waals surface area contributed by atoms with Gasteiger partial charge in [-0.25, -0.2) is 4.98 Å². The number of rotatable bonds is 3. The molecule has 0 aliphatic carbocycles. The molecule has 0 saturated carbocycles. The van der Waals surface area contributed by atoms with Crippen LogP contribution in [0.1, 0.15) is 34.2 Å². The highest BCUT2D eigenvalue weighted by atomic mass is 35.5. The molecule has 2 aromatic heterocycles. The molecule has 1 aromatic carbocycles. The Bertz CT molecular complexity index is 899. The second-order valence-corrected chi connectivity index (χ2v) is 5.97. The van der Waals surface area contributed by atoms with Gasteiger partial charge in [0.25, 0.3) is 5.91 Å². The third kappa shape index (κ3) is 2.94. The fraction of sp³-hybridized carbons (Fsp3) is 0.222. The van der Waals surface area contributed by atoms with Crippen LogP contribution in [0.4, 0.5) is 5.69 Å². The van der Waals surface area contributed by atoms with E-state index in [-0.39, 0.29) is 5.91 Å². The predicted molar refractivity (Wildman–Crippen MR) is 93.4 cm³/mol. The van der Waals surface area contributed by atoms with Crippen molar-refractivity contribution in [2.75, 3.05) is 5.32 Å². The molecule has 5 heteroatoms. The lowest BCUT2D eigenvalue weighted by molar-refractivity contribution is 0.102. The number of imidazole rings is 1. The summed E-state index contributed by atoms with van der Waals surface area (Å²) in [5, 5.41) is 3.51. The average Bonchev–Trinajstić information content (AvgIpc) is 2.86. The fourth-order valence-corrected chi connectivity index (χ4v) is 2.73. The Hall–Kier alpha value is -2.33. The number of anilines is 1. The van der Waals surface area contributed by atoms with E-state index in [4.69, 9.17) is 11.6 Å². The molecule has 0 atom stereocenters. The van der Waals surface area contributed by atoms with E-state index < -0.39 is 0 Å². The number of carbonyl (C=O) groups is 1. The van der Waals surface area contributed by atoms with Crippen LogP contribution >= 0.6 is 11.6 Å². The molecule has 3 aromatic rings. The number of aromatic nitrogens is 2. The van der Waals surface area contributed by atoms with Gasteiger partial charge in [0.15, 0.2) is 0 Å². The normalized spacial score (nSPS) is 11.0. The Kier molecular flexibility index (Phi) is 4.09. The first-order valence-electron chi connectivity index (χ1n) is 7.54. The minimum Gasteiger partial charge on any atom is -0.322 e. The molecule has 0 radical (unpaired) electrons.